The molecule has 0 saturated heterocycles. The molecule has 0 bridgehead atoms. The third-order valence-corrected chi connectivity index (χ3v) is 2.33. The molecule has 0 radical (unpaired) electrons. The second-order valence-corrected chi connectivity index (χ2v) is 5.13. The van der Waals surface area contributed by atoms with Crippen LogP contribution in [0.1, 0.15) is 53.9 Å². The topological polar surface area (TPSA) is 21.3 Å². The molecular weight excluding hydrogens is 186 g/mol. The Kier molecular flexibility index (Phi) is 9.12. The lowest BCUT2D eigenvalue weighted by molar-refractivity contribution is 0.0496. The molecule has 0 aliphatic carbocycles. The van der Waals surface area contributed by atoms with Crippen LogP contribution in [0.4, 0.5) is 0 Å². The maximum absolute atomic E-state index is 5.73. The van der Waals surface area contributed by atoms with E-state index in [1.807, 2.05) is 0 Å². The fourth-order valence-electron chi connectivity index (χ4n) is 1.63. The zero-order valence-corrected chi connectivity index (χ0v) is 11.2. The van der Waals surface area contributed by atoms with Crippen molar-refractivity contribution in [3.63, 3.8) is 0 Å². The van der Waals surface area contributed by atoms with Crippen LogP contribution < -0.4 is 5.32 Å². The fraction of sp³-hybridized carbons (Fsp3) is 1.00. The van der Waals surface area contributed by atoms with Crippen LogP contribution in [-0.4, -0.2) is 25.3 Å². The molecule has 0 amide bonds. The SMILES string of the molecule is CC(C)CC(C)OCCCCNC(C)C. The van der Waals surface area contributed by atoms with Crippen molar-refractivity contribution >= 4 is 0 Å². The van der Waals surface area contributed by atoms with E-state index in [0.717, 1.165) is 19.1 Å². The maximum atomic E-state index is 5.73. The second-order valence-electron chi connectivity index (χ2n) is 5.13. The van der Waals surface area contributed by atoms with Gasteiger partial charge >= 0.3 is 0 Å². The summed E-state index contributed by atoms with van der Waals surface area (Å²) in [5, 5.41) is 3.41. The molecule has 2 heteroatoms. The monoisotopic (exact) mass is 215 g/mol. The minimum absolute atomic E-state index is 0.419. The van der Waals surface area contributed by atoms with Gasteiger partial charge in [-0.3, -0.25) is 0 Å². The van der Waals surface area contributed by atoms with Gasteiger partial charge in [-0.05, 0) is 38.6 Å². The van der Waals surface area contributed by atoms with E-state index in [-0.39, 0.29) is 0 Å². The first-order chi connectivity index (χ1) is 7.02. The van der Waals surface area contributed by atoms with E-state index < -0.39 is 0 Å². The first kappa shape index (κ1) is 14.9. The minimum atomic E-state index is 0.419. The highest BCUT2D eigenvalue weighted by atomic mass is 16.5. The number of hydrogen-bond donors (Lipinski definition) is 1. The molecule has 0 aromatic heterocycles. The predicted octanol–water partition coefficient (Wildman–Crippen LogP) is 3.22. The Morgan fingerprint density at radius 2 is 1.67 bits per heavy atom. The molecule has 1 unspecified atom stereocenters. The second kappa shape index (κ2) is 9.17. The van der Waals surface area contributed by atoms with E-state index >= 15 is 0 Å². The van der Waals surface area contributed by atoms with Crippen LogP contribution in [0.15, 0.2) is 0 Å². The summed E-state index contributed by atoms with van der Waals surface area (Å²) in [4.78, 5) is 0. The van der Waals surface area contributed by atoms with E-state index in [2.05, 4.69) is 39.9 Å². The molecule has 0 rings (SSSR count). The molecular formula is C13H29NO. The third kappa shape index (κ3) is 11.8. The van der Waals surface area contributed by atoms with E-state index in [1.165, 1.54) is 19.3 Å². The largest absolute Gasteiger partial charge is 0.378 e. The van der Waals surface area contributed by atoms with Crippen molar-refractivity contribution in [1.29, 1.82) is 0 Å². The standard InChI is InChI=1S/C13H29NO/c1-11(2)10-13(5)15-9-7-6-8-14-12(3)4/h11-14H,6-10H2,1-5H3. The summed E-state index contributed by atoms with van der Waals surface area (Å²) in [6.45, 7) is 13.0. The number of ether oxygens (including phenoxy) is 1. The lowest BCUT2D eigenvalue weighted by Gasteiger charge is -2.15. The normalized spacial score (nSPS) is 13.8. The van der Waals surface area contributed by atoms with Crippen molar-refractivity contribution in [2.45, 2.75) is 66.0 Å². The van der Waals surface area contributed by atoms with Gasteiger partial charge in [0.1, 0.15) is 0 Å². The van der Waals surface area contributed by atoms with E-state index in [1.54, 1.807) is 0 Å². The molecule has 15 heavy (non-hydrogen) atoms. The summed E-state index contributed by atoms with van der Waals surface area (Å²) in [6, 6.07) is 0.603. The molecule has 1 atom stereocenters. The summed E-state index contributed by atoms with van der Waals surface area (Å²) in [7, 11) is 0. The number of unbranched alkanes of at least 4 members (excludes halogenated alkanes) is 1. The molecule has 0 fully saturated rings. The molecule has 2 nitrogen and oxygen atoms in total. The average molecular weight is 215 g/mol. The lowest BCUT2D eigenvalue weighted by atomic mass is 10.1. The summed E-state index contributed by atoms with van der Waals surface area (Å²) in [6.07, 6.45) is 3.97. The van der Waals surface area contributed by atoms with Crippen molar-refractivity contribution in [3.05, 3.63) is 0 Å². The van der Waals surface area contributed by atoms with Crippen molar-refractivity contribution < 1.29 is 4.74 Å². The third-order valence-electron chi connectivity index (χ3n) is 2.33. The van der Waals surface area contributed by atoms with Gasteiger partial charge in [-0.15, -0.1) is 0 Å². The summed E-state index contributed by atoms with van der Waals surface area (Å²) in [5.74, 6) is 0.739. The Hall–Kier alpha value is -0.0800. The van der Waals surface area contributed by atoms with Crippen molar-refractivity contribution in [2.24, 2.45) is 5.92 Å². The summed E-state index contributed by atoms with van der Waals surface area (Å²) >= 11 is 0. The zero-order valence-electron chi connectivity index (χ0n) is 11.2. The number of hydrogen-bond acceptors (Lipinski definition) is 2. The maximum Gasteiger partial charge on any atom is 0.0549 e. The first-order valence-corrected chi connectivity index (χ1v) is 6.37. The van der Waals surface area contributed by atoms with Gasteiger partial charge in [0, 0.05) is 12.6 Å². The molecule has 0 spiro atoms. The summed E-state index contributed by atoms with van der Waals surface area (Å²) in [5.41, 5.74) is 0. The van der Waals surface area contributed by atoms with Crippen LogP contribution in [-0.2, 0) is 4.74 Å². The molecule has 0 saturated carbocycles. The molecule has 92 valence electrons. The Labute approximate surface area is 95.8 Å². The van der Waals surface area contributed by atoms with Crippen LogP contribution >= 0.6 is 0 Å². The molecule has 1 N–H and O–H groups in total. The van der Waals surface area contributed by atoms with Crippen LogP contribution in [0, 0.1) is 5.92 Å². The van der Waals surface area contributed by atoms with Gasteiger partial charge in [-0.25, -0.2) is 0 Å². The van der Waals surface area contributed by atoms with Gasteiger partial charge in [0.25, 0.3) is 0 Å². The van der Waals surface area contributed by atoms with E-state index in [0.29, 0.717) is 12.1 Å². The van der Waals surface area contributed by atoms with Gasteiger partial charge in [0.2, 0.25) is 0 Å². The van der Waals surface area contributed by atoms with Crippen molar-refractivity contribution in [2.75, 3.05) is 13.2 Å². The minimum Gasteiger partial charge on any atom is -0.378 e. The van der Waals surface area contributed by atoms with E-state index in [9.17, 15) is 0 Å². The van der Waals surface area contributed by atoms with Gasteiger partial charge in [0.15, 0.2) is 0 Å². The fourth-order valence-corrected chi connectivity index (χ4v) is 1.63. The Morgan fingerprint density at radius 3 is 2.20 bits per heavy atom. The molecule has 0 aliphatic heterocycles. The quantitative estimate of drug-likeness (QED) is 0.596. The van der Waals surface area contributed by atoms with Crippen LogP contribution in [0.25, 0.3) is 0 Å². The van der Waals surface area contributed by atoms with Crippen LogP contribution in [0.3, 0.4) is 0 Å². The Morgan fingerprint density at radius 1 is 1.00 bits per heavy atom. The van der Waals surface area contributed by atoms with Crippen molar-refractivity contribution in [1.82, 2.24) is 5.32 Å². The van der Waals surface area contributed by atoms with E-state index in [4.69, 9.17) is 4.74 Å². The van der Waals surface area contributed by atoms with Gasteiger partial charge in [-0.1, -0.05) is 27.7 Å². The molecule has 0 heterocycles. The van der Waals surface area contributed by atoms with Crippen molar-refractivity contribution in [3.8, 4) is 0 Å². The zero-order chi connectivity index (χ0) is 11.7. The molecule has 0 aliphatic rings. The van der Waals surface area contributed by atoms with Gasteiger partial charge < -0.3 is 10.1 Å². The Balaban J connectivity index is 3.16. The number of rotatable bonds is 9. The lowest BCUT2D eigenvalue weighted by Crippen LogP contribution is -2.24. The number of nitrogens with one attached hydrogen (secondary N) is 1. The van der Waals surface area contributed by atoms with Crippen LogP contribution in [0.2, 0.25) is 0 Å². The van der Waals surface area contributed by atoms with Gasteiger partial charge in [-0.2, -0.15) is 0 Å². The first-order valence-electron chi connectivity index (χ1n) is 6.37. The highest BCUT2D eigenvalue weighted by molar-refractivity contribution is 4.55. The summed E-state index contributed by atoms with van der Waals surface area (Å²) < 4.78 is 5.73. The average Bonchev–Trinajstić information content (AvgIpc) is 2.09. The molecule has 0 aromatic carbocycles. The van der Waals surface area contributed by atoms with Gasteiger partial charge in [0.05, 0.1) is 6.10 Å². The highest BCUT2D eigenvalue weighted by Gasteiger charge is 2.04. The van der Waals surface area contributed by atoms with Crippen LogP contribution in [0.5, 0.6) is 0 Å². The smallest absolute Gasteiger partial charge is 0.0549 e. The highest BCUT2D eigenvalue weighted by Crippen LogP contribution is 2.07. The molecule has 0 aromatic rings. The Bertz CT molecular complexity index is 134. The predicted molar refractivity (Wildman–Crippen MR) is 67.2 cm³/mol.